The second-order valence-corrected chi connectivity index (χ2v) is 7.34. The molecule has 0 aromatic heterocycles. The summed E-state index contributed by atoms with van der Waals surface area (Å²) in [4.78, 5) is 24.4. The number of rotatable bonds is 4. The average molecular weight is 299 g/mol. The lowest BCUT2D eigenvalue weighted by Crippen LogP contribution is -2.36. The zero-order valence-electron chi connectivity index (χ0n) is 12.4. The van der Waals surface area contributed by atoms with Crippen LogP contribution in [0.15, 0.2) is 23.3 Å². The molecule has 0 heterocycles. The van der Waals surface area contributed by atoms with Crippen LogP contribution in [0.1, 0.15) is 34.6 Å². The molecule has 20 heavy (non-hydrogen) atoms. The molecule has 112 valence electrons. The third kappa shape index (κ3) is 3.94. The minimum atomic E-state index is -2.15. The molecule has 0 bridgehead atoms. The maximum absolute atomic E-state index is 12.2. The van der Waals surface area contributed by atoms with Crippen molar-refractivity contribution in [1.29, 1.82) is 0 Å². The standard InChI is InChI=1S/C14H21NO4S/c1-13(2,3)9-6-12(17)10(7-11(9)16)14(4,5)8-15-20(18)19/h6-7,15H,8H2,1-5H3,(H,18,19). The quantitative estimate of drug-likeness (QED) is 0.612. The van der Waals surface area contributed by atoms with E-state index in [2.05, 4.69) is 4.72 Å². The molecule has 0 radical (unpaired) electrons. The smallest absolute Gasteiger partial charge is 0.231 e. The summed E-state index contributed by atoms with van der Waals surface area (Å²) in [6.07, 6.45) is 2.74. The van der Waals surface area contributed by atoms with Crippen LogP contribution < -0.4 is 4.72 Å². The van der Waals surface area contributed by atoms with Crippen molar-refractivity contribution in [2.75, 3.05) is 6.54 Å². The summed E-state index contributed by atoms with van der Waals surface area (Å²) >= 11 is -2.15. The summed E-state index contributed by atoms with van der Waals surface area (Å²) in [5.41, 5.74) is -0.247. The van der Waals surface area contributed by atoms with Crippen molar-refractivity contribution in [1.82, 2.24) is 4.72 Å². The highest BCUT2D eigenvalue weighted by Gasteiger charge is 2.35. The Kier molecular flexibility index (Phi) is 4.84. The molecule has 0 aliphatic heterocycles. The summed E-state index contributed by atoms with van der Waals surface area (Å²) in [6, 6.07) is 0. The van der Waals surface area contributed by atoms with Gasteiger partial charge in [0.15, 0.2) is 11.6 Å². The van der Waals surface area contributed by atoms with Crippen LogP contribution in [0.4, 0.5) is 0 Å². The van der Waals surface area contributed by atoms with Crippen LogP contribution in [-0.4, -0.2) is 26.9 Å². The van der Waals surface area contributed by atoms with Crippen LogP contribution in [-0.2, 0) is 20.9 Å². The summed E-state index contributed by atoms with van der Waals surface area (Å²) in [5.74, 6) is -0.393. The van der Waals surface area contributed by atoms with Gasteiger partial charge in [-0.25, -0.2) is 8.93 Å². The van der Waals surface area contributed by atoms with Crippen molar-refractivity contribution in [2.45, 2.75) is 34.6 Å². The highest BCUT2D eigenvalue weighted by atomic mass is 32.2. The fourth-order valence-electron chi connectivity index (χ4n) is 2.01. The molecule has 1 rings (SSSR count). The summed E-state index contributed by atoms with van der Waals surface area (Å²) in [7, 11) is 0. The van der Waals surface area contributed by atoms with E-state index in [-0.39, 0.29) is 23.5 Å². The van der Waals surface area contributed by atoms with Gasteiger partial charge in [-0.3, -0.25) is 14.1 Å². The highest BCUT2D eigenvalue weighted by molar-refractivity contribution is 7.77. The first-order valence-electron chi connectivity index (χ1n) is 6.32. The largest absolute Gasteiger partial charge is 0.294 e. The van der Waals surface area contributed by atoms with Gasteiger partial charge in [-0.2, -0.15) is 0 Å². The predicted molar refractivity (Wildman–Crippen MR) is 78.2 cm³/mol. The fraction of sp³-hybridized carbons (Fsp3) is 0.571. The van der Waals surface area contributed by atoms with E-state index in [1.807, 2.05) is 20.8 Å². The lowest BCUT2D eigenvalue weighted by Gasteiger charge is -2.30. The molecule has 0 saturated carbocycles. The maximum atomic E-state index is 12.2. The number of nitrogens with one attached hydrogen (secondary N) is 1. The van der Waals surface area contributed by atoms with Gasteiger partial charge >= 0.3 is 0 Å². The first-order chi connectivity index (χ1) is 8.95. The number of carbonyl (C=O) groups excluding carboxylic acids is 2. The molecule has 1 unspecified atom stereocenters. The lowest BCUT2D eigenvalue weighted by molar-refractivity contribution is -0.116. The van der Waals surface area contributed by atoms with Gasteiger partial charge in [0.1, 0.15) is 0 Å². The molecule has 0 aromatic rings. The Balaban J connectivity index is 3.04. The van der Waals surface area contributed by atoms with Crippen LogP contribution in [0.2, 0.25) is 0 Å². The first-order valence-corrected chi connectivity index (χ1v) is 7.43. The third-order valence-corrected chi connectivity index (χ3v) is 3.65. The van der Waals surface area contributed by atoms with E-state index in [1.165, 1.54) is 12.2 Å². The van der Waals surface area contributed by atoms with Crippen molar-refractivity contribution < 1.29 is 18.4 Å². The SMILES string of the molecule is CC(C)(C)C1=CC(=O)C(C(C)(C)CNS(=O)O)=CC1=O. The molecule has 2 N–H and O–H groups in total. The maximum Gasteiger partial charge on any atom is 0.231 e. The third-order valence-electron chi connectivity index (χ3n) is 3.26. The zero-order chi connectivity index (χ0) is 15.7. The molecule has 0 saturated heterocycles. The molecule has 5 nitrogen and oxygen atoms in total. The van der Waals surface area contributed by atoms with E-state index in [9.17, 15) is 13.8 Å². The van der Waals surface area contributed by atoms with Gasteiger partial charge in [-0.05, 0) is 17.6 Å². The van der Waals surface area contributed by atoms with E-state index in [0.29, 0.717) is 11.1 Å². The molecule has 6 heteroatoms. The summed E-state index contributed by atoms with van der Waals surface area (Å²) in [6.45, 7) is 9.26. The Morgan fingerprint density at radius 1 is 1.05 bits per heavy atom. The molecular formula is C14H21NO4S. The number of carbonyl (C=O) groups is 2. The highest BCUT2D eigenvalue weighted by Crippen LogP contribution is 2.34. The first kappa shape index (κ1) is 16.9. The van der Waals surface area contributed by atoms with Crippen molar-refractivity contribution in [3.8, 4) is 0 Å². The Hall–Kier alpha value is -1.11. The van der Waals surface area contributed by atoms with E-state index in [0.717, 1.165) is 0 Å². The number of ketones is 2. The number of allylic oxidation sites excluding steroid dienone is 3. The number of hydrogen-bond acceptors (Lipinski definition) is 3. The van der Waals surface area contributed by atoms with Crippen LogP contribution >= 0.6 is 0 Å². The molecule has 1 aliphatic carbocycles. The molecule has 0 amide bonds. The van der Waals surface area contributed by atoms with Crippen molar-refractivity contribution >= 4 is 22.8 Å². The van der Waals surface area contributed by atoms with Gasteiger partial charge in [-0.15, -0.1) is 0 Å². The normalized spacial score (nSPS) is 18.7. The predicted octanol–water partition coefficient (Wildman–Crippen LogP) is 1.79. The molecule has 0 fully saturated rings. The van der Waals surface area contributed by atoms with Crippen LogP contribution in [0.25, 0.3) is 0 Å². The van der Waals surface area contributed by atoms with Gasteiger partial charge in [0, 0.05) is 23.1 Å². The topological polar surface area (TPSA) is 83.5 Å². The van der Waals surface area contributed by atoms with E-state index in [1.54, 1.807) is 13.8 Å². The van der Waals surface area contributed by atoms with E-state index in [4.69, 9.17) is 4.55 Å². The van der Waals surface area contributed by atoms with Gasteiger partial charge in [-0.1, -0.05) is 34.6 Å². The minimum Gasteiger partial charge on any atom is -0.294 e. The molecular weight excluding hydrogens is 278 g/mol. The Morgan fingerprint density at radius 2 is 1.50 bits per heavy atom. The minimum absolute atomic E-state index is 0.125. The van der Waals surface area contributed by atoms with E-state index >= 15 is 0 Å². The van der Waals surface area contributed by atoms with Crippen LogP contribution in [0, 0.1) is 10.8 Å². The van der Waals surface area contributed by atoms with Gasteiger partial charge < -0.3 is 0 Å². The summed E-state index contributed by atoms with van der Waals surface area (Å²) < 4.78 is 21.8. The average Bonchev–Trinajstić information content (AvgIpc) is 2.27. The number of hydrogen-bond donors (Lipinski definition) is 2. The second-order valence-electron chi connectivity index (χ2n) is 6.55. The fourth-order valence-corrected chi connectivity index (χ4v) is 2.50. The van der Waals surface area contributed by atoms with Crippen molar-refractivity contribution in [3.63, 3.8) is 0 Å². The van der Waals surface area contributed by atoms with Gasteiger partial charge in [0.05, 0.1) is 0 Å². The molecule has 1 atom stereocenters. The monoisotopic (exact) mass is 299 g/mol. The van der Waals surface area contributed by atoms with Gasteiger partial charge in [0.2, 0.25) is 11.3 Å². The zero-order valence-corrected chi connectivity index (χ0v) is 13.3. The Bertz CT molecular complexity index is 524. The summed E-state index contributed by atoms with van der Waals surface area (Å²) in [5, 5.41) is 0. The van der Waals surface area contributed by atoms with Crippen molar-refractivity contribution in [3.05, 3.63) is 23.3 Å². The lowest BCUT2D eigenvalue weighted by atomic mass is 9.74. The molecule has 0 aromatic carbocycles. The van der Waals surface area contributed by atoms with Gasteiger partial charge in [0.25, 0.3) is 0 Å². The Morgan fingerprint density at radius 3 is 1.95 bits per heavy atom. The van der Waals surface area contributed by atoms with Crippen LogP contribution in [0.3, 0.4) is 0 Å². The molecule has 0 spiro atoms. The van der Waals surface area contributed by atoms with E-state index < -0.39 is 16.7 Å². The second kappa shape index (κ2) is 5.71. The van der Waals surface area contributed by atoms with Crippen molar-refractivity contribution in [2.24, 2.45) is 10.8 Å². The molecule has 1 aliphatic rings. The van der Waals surface area contributed by atoms with Crippen LogP contribution in [0.5, 0.6) is 0 Å². The Labute approximate surface area is 121 Å².